The zero-order chi connectivity index (χ0) is 7.56. The molecule has 1 aromatic rings. The van der Waals surface area contributed by atoms with Crippen molar-refractivity contribution in [2.75, 3.05) is 0 Å². The van der Waals surface area contributed by atoms with Gasteiger partial charge in [-0.05, 0) is 18.6 Å². The average Bonchev–Trinajstić information content (AvgIpc) is 1.88. The molecule has 52 valence electrons. The van der Waals surface area contributed by atoms with Crippen molar-refractivity contribution in [2.24, 2.45) is 0 Å². The molecule has 4 heteroatoms. The van der Waals surface area contributed by atoms with Crippen LogP contribution in [0.1, 0.15) is 16.1 Å². The van der Waals surface area contributed by atoms with Gasteiger partial charge in [-0.1, -0.05) is 6.07 Å². The van der Waals surface area contributed by atoms with Crippen LogP contribution >= 0.6 is 0 Å². The summed E-state index contributed by atoms with van der Waals surface area (Å²) in [7, 11) is 0. The summed E-state index contributed by atoms with van der Waals surface area (Å²) < 4.78 is 0. The molecule has 0 saturated heterocycles. The molecule has 3 nitrogen and oxygen atoms in total. The molecule has 0 aliphatic rings. The molecule has 0 atom stereocenters. The van der Waals surface area contributed by atoms with Gasteiger partial charge >= 0.3 is 18.9 Å². The van der Waals surface area contributed by atoms with Crippen LogP contribution in [-0.4, -0.2) is 11.0 Å². The van der Waals surface area contributed by atoms with Gasteiger partial charge in [0, 0.05) is 6.20 Å². The van der Waals surface area contributed by atoms with Gasteiger partial charge in [0.1, 0.15) is 0 Å². The Hall–Kier alpha value is -0.783. The molecule has 0 radical (unpaired) electrons. The van der Waals surface area contributed by atoms with E-state index in [1.807, 2.05) is 0 Å². The van der Waals surface area contributed by atoms with E-state index in [2.05, 4.69) is 4.98 Å². The van der Waals surface area contributed by atoms with Crippen molar-refractivity contribution < 1.29 is 28.8 Å². The Labute approximate surface area is 76.6 Å². The number of rotatable bonds is 1. The first kappa shape index (κ1) is 10.2. The average molecular weight is 143 g/mol. The summed E-state index contributed by atoms with van der Waals surface area (Å²) in [5.74, 6) is -1.22. The topological polar surface area (TPSA) is 53.0 Å². The van der Waals surface area contributed by atoms with Crippen LogP contribution in [0.15, 0.2) is 18.3 Å². The number of carbonyl (C=O) groups excluding carboxylic acids is 1. The number of hydrogen-bond acceptors (Lipinski definition) is 3. The second kappa shape index (κ2) is 4.17. The molecule has 0 saturated carbocycles. The van der Waals surface area contributed by atoms with Crippen molar-refractivity contribution in [3.63, 3.8) is 0 Å². The van der Waals surface area contributed by atoms with Gasteiger partial charge in [0.15, 0.2) is 0 Å². The van der Waals surface area contributed by atoms with Crippen LogP contribution in [0.5, 0.6) is 0 Å². The summed E-state index contributed by atoms with van der Waals surface area (Å²) in [6, 6.07) is 3.36. The van der Waals surface area contributed by atoms with Gasteiger partial charge in [0.25, 0.3) is 0 Å². The van der Waals surface area contributed by atoms with Crippen molar-refractivity contribution in [1.82, 2.24) is 4.98 Å². The standard InChI is InChI=1S/C7H7NO2.Li/c1-5-3-2-4-8-6(5)7(9)10;/h2-4H,1H3,(H,9,10);/q;+1/p-1. The molecule has 0 N–H and O–H groups in total. The van der Waals surface area contributed by atoms with E-state index in [1.54, 1.807) is 19.1 Å². The minimum Gasteiger partial charge on any atom is -0.543 e. The molecular weight excluding hydrogens is 137 g/mol. The van der Waals surface area contributed by atoms with Gasteiger partial charge < -0.3 is 9.90 Å². The Balaban J connectivity index is 0.000001000. The van der Waals surface area contributed by atoms with Crippen LogP contribution in [0.2, 0.25) is 0 Å². The number of hydrogen-bond donors (Lipinski definition) is 0. The molecule has 1 rings (SSSR count). The van der Waals surface area contributed by atoms with Gasteiger partial charge in [-0.25, -0.2) is 0 Å². The summed E-state index contributed by atoms with van der Waals surface area (Å²) in [5, 5.41) is 10.2. The van der Waals surface area contributed by atoms with Crippen LogP contribution in [-0.2, 0) is 0 Å². The van der Waals surface area contributed by atoms with Crippen LogP contribution in [0.25, 0.3) is 0 Å². The maximum atomic E-state index is 10.2. The molecule has 0 fully saturated rings. The number of carboxylic acid groups (broad SMARTS) is 1. The predicted molar refractivity (Wildman–Crippen MR) is 33.3 cm³/mol. The number of aryl methyl sites for hydroxylation is 1. The quantitative estimate of drug-likeness (QED) is 0.388. The zero-order valence-electron chi connectivity index (χ0n) is 6.50. The van der Waals surface area contributed by atoms with E-state index in [0.29, 0.717) is 5.56 Å². The third-order valence-corrected chi connectivity index (χ3v) is 1.20. The smallest absolute Gasteiger partial charge is 0.543 e. The molecular formula is C7H6LiNO2. The molecule has 0 amide bonds. The first-order valence-corrected chi connectivity index (χ1v) is 2.85. The minimum atomic E-state index is -1.22. The van der Waals surface area contributed by atoms with Gasteiger partial charge in [0.2, 0.25) is 0 Å². The Bertz CT molecular complexity index is 262. The third kappa shape index (κ3) is 2.38. The maximum absolute atomic E-state index is 10.2. The van der Waals surface area contributed by atoms with Gasteiger partial charge in [0.05, 0.1) is 11.7 Å². The van der Waals surface area contributed by atoms with Crippen LogP contribution in [0.4, 0.5) is 0 Å². The third-order valence-electron chi connectivity index (χ3n) is 1.20. The molecule has 0 bridgehead atoms. The number of aromatic nitrogens is 1. The number of carboxylic acids is 1. The monoisotopic (exact) mass is 143 g/mol. The molecule has 11 heavy (non-hydrogen) atoms. The van der Waals surface area contributed by atoms with Crippen LogP contribution in [0, 0.1) is 6.92 Å². The van der Waals surface area contributed by atoms with Crippen molar-refractivity contribution in [3.8, 4) is 0 Å². The maximum Gasteiger partial charge on any atom is 1.00 e. The normalized spacial score (nSPS) is 8.45. The molecule has 0 aliphatic heterocycles. The fourth-order valence-electron chi connectivity index (χ4n) is 0.699. The first-order chi connectivity index (χ1) is 4.72. The van der Waals surface area contributed by atoms with E-state index < -0.39 is 5.97 Å². The van der Waals surface area contributed by atoms with Crippen LogP contribution in [0.3, 0.4) is 0 Å². The van der Waals surface area contributed by atoms with Crippen molar-refractivity contribution in [3.05, 3.63) is 29.6 Å². The number of pyridine rings is 1. The molecule has 1 heterocycles. The fourth-order valence-corrected chi connectivity index (χ4v) is 0.699. The SMILES string of the molecule is Cc1cccnc1C(=O)[O-].[Li+]. The van der Waals surface area contributed by atoms with Crippen molar-refractivity contribution in [2.45, 2.75) is 6.92 Å². The molecule has 1 aromatic heterocycles. The van der Waals surface area contributed by atoms with E-state index in [9.17, 15) is 9.90 Å². The number of carbonyl (C=O) groups is 1. The summed E-state index contributed by atoms with van der Waals surface area (Å²) >= 11 is 0. The first-order valence-electron chi connectivity index (χ1n) is 2.85. The van der Waals surface area contributed by atoms with E-state index in [-0.39, 0.29) is 24.6 Å². The minimum absolute atomic E-state index is 0. The van der Waals surface area contributed by atoms with E-state index in [4.69, 9.17) is 0 Å². The zero-order valence-corrected chi connectivity index (χ0v) is 6.50. The molecule has 0 aromatic carbocycles. The number of nitrogens with zero attached hydrogens (tertiary/aromatic N) is 1. The summed E-state index contributed by atoms with van der Waals surface area (Å²) in [4.78, 5) is 13.9. The fraction of sp³-hybridized carbons (Fsp3) is 0.143. The van der Waals surface area contributed by atoms with Gasteiger partial charge in [-0.3, -0.25) is 4.98 Å². The second-order valence-corrected chi connectivity index (χ2v) is 1.96. The van der Waals surface area contributed by atoms with E-state index in [1.165, 1.54) is 6.20 Å². The summed E-state index contributed by atoms with van der Waals surface area (Å²) in [5.41, 5.74) is 0.644. The second-order valence-electron chi connectivity index (χ2n) is 1.96. The Morgan fingerprint density at radius 2 is 2.27 bits per heavy atom. The van der Waals surface area contributed by atoms with E-state index in [0.717, 1.165) is 0 Å². The molecule has 0 spiro atoms. The molecule has 0 unspecified atom stereocenters. The van der Waals surface area contributed by atoms with E-state index >= 15 is 0 Å². The Morgan fingerprint density at radius 1 is 1.64 bits per heavy atom. The van der Waals surface area contributed by atoms with Gasteiger partial charge in [-0.15, -0.1) is 0 Å². The predicted octanol–water partition coefficient (Wildman–Crippen LogP) is -3.24. The Kier molecular flexibility index (Phi) is 3.87. The largest absolute Gasteiger partial charge is 1.00 e. The van der Waals surface area contributed by atoms with Crippen molar-refractivity contribution in [1.29, 1.82) is 0 Å². The van der Waals surface area contributed by atoms with Crippen LogP contribution < -0.4 is 24.0 Å². The Morgan fingerprint density at radius 3 is 2.64 bits per heavy atom. The summed E-state index contributed by atoms with van der Waals surface area (Å²) in [6.45, 7) is 1.68. The van der Waals surface area contributed by atoms with Crippen molar-refractivity contribution >= 4 is 5.97 Å². The van der Waals surface area contributed by atoms with Gasteiger partial charge in [-0.2, -0.15) is 0 Å². The molecule has 0 aliphatic carbocycles. The summed E-state index contributed by atoms with van der Waals surface area (Å²) in [6.07, 6.45) is 1.43. The number of aromatic carboxylic acids is 1.